The second-order valence-corrected chi connectivity index (χ2v) is 6.44. The van der Waals surface area contributed by atoms with Gasteiger partial charge in [0.2, 0.25) is 5.88 Å². The van der Waals surface area contributed by atoms with Gasteiger partial charge in [0, 0.05) is 19.0 Å². The normalized spacial score (nSPS) is 16.8. The van der Waals surface area contributed by atoms with Gasteiger partial charge in [-0.05, 0) is 30.7 Å². The minimum Gasteiger partial charge on any atom is -0.481 e. The summed E-state index contributed by atoms with van der Waals surface area (Å²) in [4.78, 5) is 26.7. The molecule has 0 saturated heterocycles. The second-order valence-electron chi connectivity index (χ2n) is 6.03. The van der Waals surface area contributed by atoms with Crippen LogP contribution in [-0.2, 0) is 6.42 Å². The third-order valence-corrected chi connectivity index (χ3v) is 4.95. The highest BCUT2D eigenvalue weighted by Gasteiger charge is 2.31. The number of hydrogen-bond acceptors (Lipinski definition) is 4. The summed E-state index contributed by atoms with van der Waals surface area (Å²) in [5.74, 6) is 0.763. The Morgan fingerprint density at radius 3 is 2.92 bits per heavy atom. The Morgan fingerprint density at radius 1 is 1.32 bits per heavy atom. The molecule has 0 bridgehead atoms. The van der Waals surface area contributed by atoms with Gasteiger partial charge in [-0.25, -0.2) is 9.97 Å². The summed E-state index contributed by atoms with van der Waals surface area (Å²) >= 11 is 6.17. The van der Waals surface area contributed by atoms with E-state index in [1.807, 2.05) is 36.1 Å². The standard InChI is InChI=1S/C18H17ClN4O2/c1-10-11-6-7-15(25-2)20-13(11)8-9-23(10)18(24)17-21-14-5-3-4-12(19)16(14)22-17/h3-7,10H,8-9H2,1-2H3,(H,21,22). The first-order valence-electron chi connectivity index (χ1n) is 8.07. The fourth-order valence-corrected chi connectivity index (χ4v) is 3.50. The van der Waals surface area contributed by atoms with Crippen LogP contribution in [0.5, 0.6) is 5.88 Å². The third-order valence-electron chi connectivity index (χ3n) is 4.63. The maximum Gasteiger partial charge on any atom is 0.290 e. The van der Waals surface area contributed by atoms with Gasteiger partial charge in [0.1, 0.15) is 0 Å². The van der Waals surface area contributed by atoms with Gasteiger partial charge in [-0.3, -0.25) is 4.79 Å². The SMILES string of the molecule is COc1ccc2c(n1)CCN(C(=O)c1nc3cccc(Cl)c3[nH]1)C2C. The van der Waals surface area contributed by atoms with E-state index in [4.69, 9.17) is 16.3 Å². The molecule has 1 unspecified atom stereocenters. The highest BCUT2D eigenvalue weighted by Crippen LogP contribution is 2.31. The van der Waals surface area contributed by atoms with Crippen molar-refractivity contribution in [2.24, 2.45) is 0 Å². The lowest BCUT2D eigenvalue weighted by Crippen LogP contribution is -2.39. The zero-order valence-electron chi connectivity index (χ0n) is 13.9. The van der Waals surface area contributed by atoms with Gasteiger partial charge >= 0.3 is 0 Å². The van der Waals surface area contributed by atoms with Crippen molar-refractivity contribution in [1.82, 2.24) is 19.9 Å². The van der Waals surface area contributed by atoms with Crippen LogP contribution >= 0.6 is 11.6 Å². The fourth-order valence-electron chi connectivity index (χ4n) is 3.29. The highest BCUT2D eigenvalue weighted by atomic mass is 35.5. The van der Waals surface area contributed by atoms with E-state index in [9.17, 15) is 4.79 Å². The number of benzene rings is 1. The number of halogens is 1. The van der Waals surface area contributed by atoms with Crippen LogP contribution in [0.1, 0.15) is 34.8 Å². The number of hydrogen-bond donors (Lipinski definition) is 1. The lowest BCUT2D eigenvalue weighted by Gasteiger charge is -2.34. The average Bonchev–Trinajstić information content (AvgIpc) is 3.07. The van der Waals surface area contributed by atoms with Crippen LogP contribution in [0, 0.1) is 0 Å². The number of carbonyl (C=O) groups is 1. The first-order valence-corrected chi connectivity index (χ1v) is 8.45. The molecule has 1 amide bonds. The number of methoxy groups -OCH3 is 1. The Labute approximate surface area is 149 Å². The third kappa shape index (κ3) is 2.62. The molecule has 0 saturated carbocycles. The monoisotopic (exact) mass is 356 g/mol. The van der Waals surface area contributed by atoms with E-state index >= 15 is 0 Å². The molecule has 1 N–H and O–H groups in total. The molecular formula is C18H17ClN4O2. The van der Waals surface area contributed by atoms with Gasteiger partial charge in [0.25, 0.3) is 5.91 Å². The molecule has 6 nitrogen and oxygen atoms in total. The maximum atomic E-state index is 13.0. The molecule has 0 spiro atoms. The summed E-state index contributed by atoms with van der Waals surface area (Å²) < 4.78 is 5.18. The molecule has 2 aromatic heterocycles. The molecule has 1 atom stereocenters. The van der Waals surface area contributed by atoms with Crippen molar-refractivity contribution >= 4 is 28.5 Å². The fraction of sp³-hybridized carbons (Fsp3) is 0.278. The minimum atomic E-state index is -0.138. The van der Waals surface area contributed by atoms with Gasteiger partial charge in [0.15, 0.2) is 5.82 Å². The predicted molar refractivity (Wildman–Crippen MR) is 95.0 cm³/mol. The number of imidazole rings is 1. The molecule has 3 aromatic rings. The summed E-state index contributed by atoms with van der Waals surface area (Å²) in [6.07, 6.45) is 0.684. The zero-order chi connectivity index (χ0) is 17.6. The molecule has 0 radical (unpaired) electrons. The number of ether oxygens (including phenoxy) is 1. The van der Waals surface area contributed by atoms with Crippen LogP contribution in [0.15, 0.2) is 30.3 Å². The van der Waals surface area contributed by atoms with E-state index in [0.717, 1.165) is 11.3 Å². The molecule has 1 aromatic carbocycles. The Morgan fingerprint density at radius 2 is 2.16 bits per heavy atom. The van der Waals surface area contributed by atoms with E-state index in [2.05, 4.69) is 15.0 Å². The number of carbonyl (C=O) groups excluding carboxylic acids is 1. The van der Waals surface area contributed by atoms with Gasteiger partial charge in [-0.1, -0.05) is 17.7 Å². The molecule has 0 fully saturated rings. The molecule has 25 heavy (non-hydrogen) atoms. The van der Waals surface area contributed by atoms with Gasteiger partial charge < -0.3 is 14.6 Å². The van der Waals surface area contributed by atoms with E-state index in [1.165, 1.54) is 0 Å². The van der Waals surface area contributed by atoms with Gasteiger partial charge in [-0.2, -0.15) is 0 Å². The topological polar surface area (TPSA) is 71.1 Å². The summed E-state index contributed by atoms with van der Waals surface area (Å²) in [5, 5.41) is 0.553. The summed E-state index contributed by atoms with van der Waals surface area (Å²) in [7, 11) is 1.60. The molecule has 128 valence electrons. The number of aromatic amines is 1. The van der Waals surface area contributed by atoms with Crippen molar-refractivity contribution < 1.29 is 9.53 Å². The van der Waals surface area contributed by atoms with Crippen LogP contribution < -0.4 is 4.74 Å². The van der Waals surface area contributed by atoms with Crippen molar-refractivity contribution in [2.75, 3.05) is 13.7 Å². The molecule has 7 heteroatoms. The summed E-state index contributed by atoms with van der Waals surface area (Å²) in [6.45, 7) is 2.58. The second kappa shape index (κ2) is 6.04. The largest absolute Gasteiger partial charge is 0.481 e. The Hall–Kier alpha value is -2.60. The molecule has 3 heterocycles. The van der Waals surface area contributed by atoms with Gasteiger partial charge in [-0.15, -0.1) is 0 Å². The number of aromatic nitrogens is 3. The maximum absolute atomic E-state index is 13.0. The van der Waals surface area contributed by atoms with E-state index in [0.29, 0.717) is 40.7 Å². The molecule has 1 aliphatic rings. The van der Waals surface area contributed by atoms with E-state index in [-0.39, 0.29) is 11.9 Å². The average molecular weight is 357 g/mol. The lowest BCUT2D eigenvalue weighted by atomic mass is 9.98. The molecule has 4 rings (SSSR count). The van der Waals surface area contributed by atoms with Crippen molar-refractivity contribution in [3.8, 4) is 5.88 Å². The Balaban J connectivity index is 1.66. The van der Waals surface area contributed by atoms with Crippen molar-refractivity contribution in [3.05, 3.63) is 52.4 Å². The Kier molecular flexibility index (Phi) is 3.84. The number of pyridine rings is 1. The van der Waals surface area contributed by atoms with Gasteiger partial charge in [0.05, 0.1) is 34.9 Å². The van der Waals surface area contributed by atoms with Crippen LogP contribution in [0.25, 0.3) is 11.0 Å². The van der Waals surface area contributed by atoms with Crippen molar-refractivity contribution in [1.29, 1.82) is 0 Å². The first kappa shape index (κ1) is 15.9. The number of nitrogens with zero attached hydrogens (tertiary/aromatic N) is 3. The van der Waals surface area contributed by atoms with Crippen LogP contribution in [0.2, 0.25) is 5.02 Å². The number of amides is 1. The predicted octanol–water partition coefficient (Wildman–Crippen LogP) is 3.38. The minimum absolute atomic E-state index is 0.0849. The van der Waals surface area contributed by atoms with Crippen molar-refractivity contribution in [2.45, 2.75) is 19.4 Å². The molecule has 1 aliphatic heterocycles. The van der Waals surface area contributed by atoms with E-state index in [1.54, 1.807) is 13.2 Å². The molecular weight excluding hydrogens is 340 g/mol. The summed E-state index contributed by atoms with van der Waals surface area (Å²) in [6, 6.07) is 9.14. The first-order chi connectivity index (χ1) is 12.1. The highest BCUT2D eigenvalue weighted by molar-refractivity contribution is 6.35. The number of rotatable bonds is 2. The quantitative estimate of drug-likeness (QED) is 0.764. The van der Waals surface area contributed by atoms with Crippen molar-refractivity contribution in [3.63, 3.8) is 0 Å². The smallest absolute Gasteiger partial charge is 0.290 e. The van der Waals surface area contributed by atoms with E-state index < -0.39 is 0 Å². The Bertz CT molecular complexity index is 969. The number of nitrogens with one attached hydrogen (secondary N) is 1. The summed E-state index contributed by atoms with van der Waals surface area (Å²) in [5.41, 5.74) is 3.38. The lowest BCUT2D eigenvalue weighted by molar-refractivity contribution is 0.0664. The number of para-hydroxylation sites is 1. The van der Waals surface area contributed by atoms with Crippen LogP contribution in [0.3, 0.4) is 0 Å². The van der Waals surface area contributed by atoms with Crippen LogP contribution in [0.4, 0.5) is 0 Å². The number of fused-ring (bicyclic) bond motifs is 2. The molecule has 0 aliphatic carbocycles. The number of H-pyrrole nitrogens is 1. The zero-order valence-corrected chi connectivity index (χ0v) is 14.7. The van der Waals surface area contributed by atoms with Crippen LogP contribution in [-0.4, -0.2) is 39.4 Å².